The van der Waals surface area contributed by atoms with Crippen molar-refractivity contribution in [2.24, 2.45) is 0 Å². The maximum atomic E-state index is 14.1. The molecule has 1 aromatic carbocycles. The van der Waals surface area contributed by atoms with Crippen molar-refractivity contribution in [1.82, 2.24) is 0 Å². The van der Waals surface area contributed by atoms with E-state index in [4.69, 9.17) is 0 Å². The second-order valence-electron chi connectivity index (χ2n) is 7.61. The molecule has 0 aliphatic rings. The molecule has 0 atom stereocenters. The molecule has 0 heterocycles. The summed E-state index contributed by atoms with van der Waals surface area (Å²) in [4.78, 5) is 22.6. The number of rotatable bonds is 10. The molecule has 0 radical (unpaired) electrons. The Hall–Kier alpha value is -3.89. The predicted molar refractivity (Wildman–Crippen MR) is 104 cm³/mol. The summed E-state index contributed by atoms with van der Waals surface area (Å²) in [5.74, 6) is -56.4. The fourth-order valence-electron chi connectivity index (χ4n) is 2.52. The van der Waals surface area contributed by atoms with Crippen LogP contribution in [0.1, 0.15) is 0 Å². The van der Waals surface area contributed by atoms with E-state index in [-0.39, 0.29) is 0 Å². The number of halogens is 17. The van der Waals surface area contributed by atoms with E-state index in [0.717, 1.165) is 20.3 Å². The van der Waals surface area contributed by atoms with Crippen molar-refractivity contribution in [3.8, 4) is 5.75 Å². The Bertz CT molecular complexity index is 1210. The van der Waals surface area contributed by atoms with Gasteiger partial charge in [-0.1, -0.05) is 0 Å². The van der Waals surface area contributed by atoms with Crippen LogP contribution >= 0.6 is 0 Å². The molecule has 0 aromatic heterocycles. The third kappa shape index (κ3) is 6.40. The van der Waals surface area contributed by atoms with Gasteiger partial charge in [0.25, 0.3) is 0 Å². The van der Waals surface area contributed by atoms with Crippen LogP contribution in [0.25, 0.3) is 0 Å². The molecule has 0 unspecified atom stereocenters. The van der Waals surface area contributed by atoms with Crippen LogP contribution in [0.5, 0.6) is 5.75 Å². The first-order valence-corrected chi connectivity index (χ1v) is 9.99. The zero-order chi connectivity index (χ0) is 34.2. The number of hydrogen-bond donors (Lipinski definition) is 2. The number of alkyl halides is 15. The van der Waals surface area contributed by atoms with Crippen LogP contribution in [-0.2, 0) is 9.47 Å². The van der Waals surface area contributed by atoms with Crippen LogP contribution in [0.4, 0.5) is 95.6 Å². The van der Waals surface area contributed by atoms with E-state index >= 15 is 0 Å². The Morgan fingerprint density at radius 1 is 0.581 bits per heavy atom. The number of nitrogens with one attached hydrogen (secondary N) is 2. The molecule has 0 bridgehead atoms. The highest BCUT2D eigenvalue weighted by Crippen LogP contribution is 2.63. The lowest BCUT2D eigenvalue weighted by molar-refractivity contribution is -0.451. The summed E-state index contributed by atoms with van der Waals surface area (Å²) in [5.41, 5.74) is -1.36. The lowest BCUT2D eigenvalue weighted by atomic mass is 9.91. The van der Waals surface area contributed by atoms with Gasteiger partial charge in [-0.25, -0.2) is 9.59 Å². The second kappa shape index (κ2) is 11.7. The Morgan fingerprint density at radius 3 is 1.28 bits per heavy atom. The van der Waals surface area contributed by atoms with Gasteiger partial charge in [-0.05, 0) is 6.07 Å². The predicted octanol–water partition coefficient (Wildman–Crippen LogP) is 7.90. The average molecular weight is 670 g/mol. The van der Waals surface area contributed by atoms with Crippen LogP contribution < -0.4 is 15.4 Å². The van der Waals surface area contributed by atoms with E-state index in [9.17, 15) is 84.2 Å². The third-order valence-electron chi connectivity index (χ3n) is 4.75. The normalized spacial score (nSPS) is 14.5. The van der Waals surface area contributed by atoms with Gasteiger partial charge in [0.2, 0.25) is 5.83 Å². The number of amides is 2. The monoisotopic (exact) mass is 670 g/mol. The highest BCUT2D eigenvalue weighted by Gasteiger charge is 2.93. The number of allylic oxidation sites excluding steroid dienone is 1. The molecule has 0 spiro atoms. The van der Waals surface area contributed by atoms with Gasteiger partial charge in [-0.3, -0.25) is 10.6 Å². The Labute approximate surface area is 225 Å². The van der Waals surface area contributed by atoms with Gasteiger partial charge in [0.15, 0.2) is 0 Å². The Morgan fingerprint density at radius 2 is 0.930 bits per heavy atom. The highest BCUT2D eigenvalue weighted by atomic mass is 19.4. The fourth-order valence-corrected chi connectivity index (χ4v) is 2.52. The smallest absolute Gasteiger partial charge is 0.453 e. The number of carbonyl (C=O) groups is 2. The topological polar surface area (TPSA) is 85.9 Å². The minimum atomic E-state index is -8.73. The van der Waals surface area contributed by atoms with Crippen LogP contribution in [0.3, 0.4) is 0 Å². The Kier molecular flexibility index (Phi) is 10.1. The SMILES string of the molecule is COC(=O)Nc1cc(NC(=O)OC)cc(OC(F)=C(F)C(F)(F)C(F)(F)C(F)(F)C(F)(F)C(F)(F)C(F)(F)C(F)(F)F)c1. The molecule has 1 rings (SSSR count). The summed E-state index contributed by atoms with van der Waals surface area (Å²) in [6.07, 6.45) is -10.6. The maximum Gasteiger partial charge on any atom is 0.460 e. The summed E-state index contributed by atoms with van der Waals surface area (Å²) in [5, 5.41) is 3.53. The van der Waals surface area contributed by atoms with Crippen LogP contribution in [-0.4, -0.2) is 68.1 Å². The van der Waals surface area contributed by atoms with Crippen LogP contribution in [0, 0.1) is 0 Å². The van der Waals surface area contributed by atoms with E-state index in [1.54, 1.807) is 10.6 Å². The summed E-state index contributed by atoms with van der Waals surface area (Å²) in [6, 6.07) is -2.42. The second-order valence-corrected chi connectivity index (χ2v) is 7.61. The lowest BCUT2D eigenvalue weighted by Crippen LogP contribution is -2.72. The summed E-state index contributed by atoms with van der Waals surface area (Å²) >= 11 is 0. The summed E-state index contributed by atoms with van der Waals surface area (Å²) < 4.78 is 239. The maximum absolute atomic E-state index is 14.1. The van der Waals surface area contributed by atoms with Crippen molar-refractivity contribution in [2.75, 3.05) is 24.9 Å². The molecule has 0 aliphatic heterocycles. The molecular weight excluding hydrogens is 659 g/mol. The molecule has 1 aromatic rings. The average Bonchev–Trinajstić information content (AvgIpc) is 2.86. The van der Waals surface area contributed by atoms with Crippen LogP contribution in [0.15, 0.2) is 30.0 Å². The summed E-state index contributed by atoms with van der Waals surface area (Å²) in [6.45, 7) is 0. The first-order valence-electron chi connectivity index (χ1n) is 9.99. The minimum Gasteiger partial charge on any atom is -0.453 e. The zero-order valence-corrected chi connectivity index (χ0v) is 20.2. The molecule has 0 saturated carbocycles. The van der Waals surface area contributed by atoms with Gasteiger partial charge in [-0.2, -0.15) is 74.6 Å². The van der Waals surface area contributed by atoms with Gasteiger partial charge in [0.05, 0.1) is 14.2 Å². The van der Waals surface area contributed by atoms with Crippen molar-refractivity contribution >= 4 is 23.6 Å². The standard InChI is InChI=1S/C19H11F17N2O5/c1-41-11(39)37-6-3-7(38-12(40)42-2)5-8(4-6)43-10(21)9(20)13(22,23)14(24,25)15(26,27)16(28,29)17(30,31)18(32,33)19(34,35)36/h3-5H,1-2H3,(H,37,39)(H,38,40). The van der Waals surface area contributed by atoms with Crippen molar-refractivity contribution in [3.05, 3.63) is 30.0 Å². The van der Waals surface area contributed by atoms with Gasteiger partial charge in [0.1, 0.15) is 5.75 Å². The largest absolute Gasteiger partial charge is 0.460 e. The van der Waals surface area contributed by atoms with E-state index in [0.29, 0.717) is 12.1 Å². The number of hydrogen-bond acceptors (Lipinski definition) is 5. The number of carbonyl (C=O) groups excluding carboxylic acids is 2. The molecule has 2 N–H and O–H groups in total. The number of ether oxygens (including phenoxy) is 3. The first-order chi connectivity index (χ1) is 19.1. The fraction of sp³-hybridized carbons (Fsp3) is 0.474. The van der Waals surface area contributed by atoms with Crippen molar-refractivity contribution in [2.45, 2.75) is 41.7 Å². The third-order valence-corrected chi connectivity index (χ3v) is 4.75. The van der Waals surface area contributed by atoms with Crippen molar-refractivity contribution in [1.29, 1.82) is 0 Å². The van der Waals surface area contributed by atoms with Gasteiger partial charge >= 0.3 is 59.9 Å². The van der Waals surface area contributed by atoms with Gasteiger partial charge < -0.3 is 14.2 Å². The van der Waals surface area contributed by atoms with Crippen molar-refractivity contribution < 1.29 is 98.4 Å². The summed E-state index contributed by atoms with van der Waals surface area (Å²) in [7, 11) is 1.53. The molecule has 43 heavy (non-hydrogen) atoms. The molecule has 24 heteroatoms. The number of benzene rings is 1. The van der Waals surface area contributed by atoms with Crippen molar-refractivity contribution in [3.63, 3.8) is 0 Å². The quantitative estimate of drug-likeness (QED) is 0.195. The van der Waals surface area contributed by atoms with Crippen LogP contribution in [0.2, 0.25) is 0 Å². The lowest BCUT2D eigenvalue weighted by Gasteiger charge is -2.41. The highest BCUT2D eigenvalue weighted by molar-refractivity contribution is 5.89. The Balaban J connectivity index is 3.66. The molecule has 246 valence electrons. The molecule has 0 aliphatic carbocycles. The number of methoxy groups -OCH3 is 2. The molecular formula is C19H11F17N2O5. The van der Waals surface area contributed by atoms with Gasteiger partial charge in [-0.15, -0.1) is 0 Å². The number of anilines is 2. The zero-order valence-electron chi connectivity index (χ0n) is 20.2. The first kappa shape index (κ1) is 37.1. The van der Waals surface area contributed by atoms with Gasteiger partial charge in [0, 0.05) is 23.5 Å². The van der Waals surface area contributed by atoms with E-state index in [2.05, 4.69) is 14.2 Å². The molecule has 7 nitrogen and oxygen atoms in total. The van der Waals surface area contributed by atoms with E-state index in [1.807, 2.05) is 0 Å². The minimum absolute atomic E-state index is 0.297. The van der Waals surface area contributed by atoms with E-state index in [1.165, 1.54) is 0 Å². The molecule has 0 saturated heterocycles. The molecule has 2 amide bonds. The van der Waals surface area contributed by atoms with E-state index < -0.39 is 82.9 Å². The molecule has 0 fully saturated rings.